The second kappa shape index (κ2) is 5.75. The van der Waals surface area contributed by atoms with E-state index in [1.54, 1.807) is 6.07 Å². The van der Waals surface area contributed by atoms with Crippen molar-refractivity contribution in [3.8, 4) is 0 Å². The summed E-state index contributed by atoms with van der Waals surface area (Å²) in [4.78, 5) is 1.30. The van der Waals surface area contributed by atoms with Gasteiger partial charge in [0.25, 0.3) is 0 Å². The first-order valence-corrected chi connectivity index (χ1v) is 9.38. The number of thiophene rings is 1. The normalized spacial score (nSPS) is 21.4. The number of rotatable bonds is 7. The summed E-state index contributed by atoms with van der Waals surface area (Å²) in [5.74, 6) is 0.466. The molecule has 0 amide bonds. The maximum Gasteiger partial charge on any atom is 0.241 e. The quantitative estimate of drug-likeness (QED) is 0.813. The van der Waals surface area contributed by atoms with Crippen molar-refractivity contribution in [2.24, 2.45) is 11.3 Å². The molecule has 1 atom stereocenters. The minimum absolute atomic E-state index is 0.291. The van der Waals surface area contributed by atoms with E-state index >= 15 is 0 Å². The summed E-state index contributed by atoms with van der Waals surface area (Å²) in [6.07, 6.45) is 1.10. The minimum atomic E-state index is -3.38. The Balaban J connectivity index is 2.00. The molecule has 1 aliphatic carbocycles. The summed E-state index contributed by atoms with van der Waals surface area (Å²) >= 11 is 1.49. The molecule has 1 aliphatic rings. The smallest absolute Gasteiger partial charge is 0.241 e. The zero-order chi connectivity index (χ0) is 15.0. The van der Waals surface area contributed by atoms with E-state index in [4.69, 9.17) is 0 Å². The molecule has 0 spiro atoms. The summed E-state index contributed by atoms with van der Waals surface area (Å²) in [5, 5.41) is 5.11. The van der Waals surface area contributed by atoms with Gasteiger partial charge in [-0.2, -0.15) is 0 Å². The van der Waals surface area contributed by atoms with Gasteiger partial charge in [0.05, 0.1) is 4.90 Å². The van der Waals surface area contributed by atoms with Gasteiger partial charge in [-0.1, -0.05) is 27.7 Å². The van der Waals surface area contributed by atoms with Crippen molar-refractivity contribution in [2.45, 2.75) is 51.6 Å². The van der Waals surface area contributed by atoms with Gasteiger partial charge in [-0.3, -0.25) is 0 Å². The monoisotopic (exact) mass is 316 g/mol. The molecule has 2 rings (SSSR count). The average molecular weight is 316 g/mol. The predicted octanol–water partition coefficient (Wildman–Crippen LogP) is 2.57. The topological polar surface area (TPSA) is 58.2 Å². The molecule has 0 radical (unpaired) electrons. The highest BCUT2D eigenvalue weighted by Gasteiger charge is 2.45. The van der Waals surface area contributed by atoms with Gasteiger partial charge in [-0.15, -0.1) is 11.3 Å². The van der Waals surface area contributed by atoms with E-state index in [9.17, 15) is 8.42 Å². The third-order valence-corrected chi connectivity index (χ3v) is 6.46. The van der Waals surface area contributed by atoms with Crippen molar-refractivity contribution >= 4 is 21.4 Å². The van der Waals surface area contributed by atoms with Crippen LogP contribution in [0.2, 0.25) is 0 Å². The van der Waals surface area contributed by atoms with Crippen LogP contribution in [0, 0.1) is 11.3 Å². The summed E-state index contributed by atoms with van der Waals surface area (Å²) in [5.41, 5.74) is 0.291. The van der Waals surface area contributed by atoms with E-state index in [2.05, 4.69) is 37.7 Å². The van der Waals surface area contributed by atoms with Crippen LogP contribution in [0.4, 0.5) is 0 Å². The largest absolute Gasteiger partial charge is 0.310 e. The molecule has 1 aromatic heterocycles. The summed E-state index contributed by atoms with van der Waals surface area (Å²) < 4.78 is 27.5. The molecular weight excluding hydrogens is 292 g/mol. The Kier molecular flexibility index (Phi) is 4.59. The van der Waals surface area contributed by atoms with Crippen LogP contribution in [-0.4, -0.2) is 21.0 Å². The molecule has 114 valence electrons. The van der Waals surface area contributed by atoms with Crippen molar-refractivity contribution in [3.63, 3.8) is 0 Å². The lowest BCUT2D eigenvalue weighted by Crippen LogP contribution is -2.28. The lowest BCUT2D eigenvalue weighted by Gasteiger charge is -2.10. The first-order valence-electron chi connectivity index (χ1n) is 7.02. The lowest BCUT2D eigenvalue weighted by atomic mass is 10.1. The molecule has 4 nitrogen and oxygen atoms in total. The van der Waals surface area contributed by atoms with Crippen LogP contribution in [0.15, 0.2) is 16.3 Å². The molecule has 1 aromatic rings. The molecule has 0 bridgehead atoms. The molecular formula is C14H24N2O2S2. The molecule has 6 heteroatoms. The minimum Gasteiger partial charge on any atom is -0.310 e. The van der Waals surface area contributed by atoms with Gasteiger partial charge in [0, 0.05) is 24.0 Å². The van der Waals surface area contributed by atoms with Crippen molar-refractivity contribution in [3.05, 3.63) is 16.3 Å². The van der Waals surface area contributed by atoms with Crippen molar-refractivity contribution in [1.82, 2.24) is 10.0 Å². The molecule has 2 N–H and O–H groups in total. The Morgan fingerprint density at radius 2 is 2.10 bits per heavy atom. The summed E-state index contributed by atoms with van der Waals surface area (Å²) in [7, 11) is -3.38. The summed E-state index contributed by atoms with van der Waals surface area (Å²) in [6, 6.07) is 2.04. The fourth-order valence-electron chi connectivity index (χ4n) is 2.21. The van der Waals surface area contributed by atoms with Gasteiger partial charge in [0.2, 0.25) is 10.0 Å². The Hall–Kier alpha value is -0.430. The van der Waals surface area contributed by atoms with Crippen LogP contribution in [0.25, 0.3) is 0 Å². The van der Waals surface area contributed by atoms with E-state index in [1.807, 2.05) is 5.38 Å². The molecule has 0 saturated heterocycles. The summed E-state index contributed by atoms with van der Waals surface area (Å²) in [6.45, 7) is 9.59. The third kappa shape index (κ3) is 3.81. The highest BCUT2D eigenvalue weighted by atomic mass is 32.2. The van der Waals surface area contributed by atoms with E-state index in [0.717, 1.165) is 11.3 Å². The Labute approximate surface area is 126 Å². The average Bonchev–Trinajstić information content (AvgIpc) is 2.77. The molecule has 1 saturated carbocycles. The zero-order valence-corrected chi connectivity index (χ0v) is 14.2. The van der Waals surface area contributed by atoms with Crippen LogP contribution in [-0.2, 0) is 16.6 Å². The van der Waals surface area contributed by atoms with E-state index < -0.39 is 10.0 Å². The molecule has 1 unspecified atom stereocenters. The van der Waals surface area contributed by atoms with Gasteiger partial charge in [-0.05, 0) is 29.2 Å². The van der Waals surface area contributed by atoms with Gasteiger partial charge >= 0.3 is 0 Å². The van der Waals surface area contributed by atoms with Gasteiger partial charge in [0.1, 0.15) is 0 Å². The Morgan fingerprint density at radius 1 is 1.45 bits per heavy atom. The second-order valence-electron chi connectivity index (χ2n) is 6.49. The fourth-order valence-corrected chi connectivity index (χ4v) is 4.68. The highest BCUT2D eigenvalue weighted by molar-refractivity contribution is 7.89. The van der Waals surface area contributed by atoms with Crippen molar-refractivity contribution < 1.29 is 8.42 Å². The first kappa shape index (κ1) is 15.9. The van der Waals surface area contributed by atoms with Crippen LogP contribution in [0.5, 0.6) is 0 Å². The number of nitrogens with one attached hydrogen (secondary N) is 2. The number of hydrogen-bond donors (Lipinski definition) is 2. The molecule has 0 aromatic carbocycles. The van der Waals surface area contributed by atoms with Crippen molar-refractivity contribution in [1.29, 1.82) is 0 Å². The maximum absolute atomic E-state index is 12.4. The van der Waals surface area contributed by atoms with E-state index in [-0.39, 0.29) is 0 Å². The highest BCUT2D eigenvalue weighted by Crippen LogP contribution is 2.51. The third-order valence-electron chi connectivity index (χ3n) is 3.90. The standard InChI is InChI=1S/C14H24N2O2S2/c1-10(2)15-9-12-13(5-6-19-12)20(17,18)16-8-11-7-14(11,3)4/h5-6,10-11,15-16H,7-9H2,1-4H3. The van der Waals surface area contributed by atoms with Gasteiger partial charge in [-0.25, -0.2) is 13.1 Å². The van der Waals surface area contributed by atoms with Crippen LogP contribution in [0.1, 0.15) is 39.0 Å². The molecule has 1 fully saturated rings. The van der Waals surface area contributed by atoms with Gasteiger partial charge in [0.15, 0.2) is 0 Å². The molecule has 20 heavy (non-hydrogen) atoms. The fraction of sp³-hybridized carbons (Fsp3) is 0.714. The predicted molar refractivity (Wildman–Crippen MR) is 83.4 cm³/mol. The second-order valence-corrected chi connectivity index (χ2v) is 9.22. The van der Waals surface area contributed by atoms with Crippen LogP contribution < -0.4 is 10.0 Å². The number of sulfonamides is 1. The van der Waals surface area contributed by atoms with Crippen LogP contribution >= 0.6 is 11.3 Å². The Morgan fingerprint density at radius 3 is 2.65 bits per heavy atom. The molecule has 1 heterocycles. The van der Waals surface area contributed by atoms with E-state index in [1.165, 1.54) is 11.3 Å². The van der Waals surface area contributed by atoms with E-state index in [0.29, 0.717) is 35.4 Å². The van der Waals surface area contributed by atoms with Crippen molar-refractivity contribution in [2.75, 3.05) is 6.54 Å². The lowest BCUT2D eigenvalue weighted by molar-refractivity contribution is 0.536. The van der Waals surface area contributed by atoms with Gasteiger partial charge < -0.3 is 5.32 Å². The zero-order valence-electron chi connectivity index (χ0n) is 12.6. The SMILES string of the molecule is CC(C)NCc1sccc1S(=O)(=O)NCC1CC1(C)C. The Bertz CT molecular complexity index is 561. The maximum atomic E-state index is 12.4. The first-order chi connectivity index (χ1) is 9.22. The molecule has 0 aliphatic heterocycles. The number of hydrogen-bond acceptors (Lipinski definition) is 4. The van der Waals surface area contributed by atoms with Crippen LogP contribution in [0.3, 0.4) is 0 Å².